The molecule has 4 aromatic carbocycles. The van der Waals surface area contributed by atoms with E-state index in [0.717, 1.165) is 29.2 Å². The topological polar surface area (TPSA) is 40.5 Å². The fraction of sp³-hybridized carbons (Fsp3) is 0.143. The van der Waals surface area contributed by atoms with Gasteiger partial charge in [-0.2, -0.15) is 0 Å². The van der Waals surface area contributed by atoms with Crippen molar-refractivity contribution in [3.8, 4) is 5.75 Å². The maximum Gasteiger partial charge on any atom is 0.116 e. The molecule has 0 atom stereocenters. The van der Waals surface area contributed by atoms with Gasteiger partial charge in [-0.3, -0.25) is 0 Å². The second kappa shape index (κ2) is 4.46. The van der Waals surface area contributed by atoms with Crippen LogP contribution in [0.1, 0.15) is 16.7 Å². The zero-order valence-corrected chi connectivity index (χ0v) is 12.6. The van der Waals surface area contributed by atoms with E-state index in [4.69, 9.17) is 0 Å². The van der Waals surface area contributed by atoms with Crippen molar-refractivity contribution >= 4 is 32.3 Å². The van der Waals surface area contributed by atoms with Gasteiger partial charge in [-0.05, 0) is 80.0 Å². The van der Waals surface area contributed by atoms with Crippen molar-refractivity contribution in [3.63, 3.8) is 0 Å². The lowest BCUT2D eigenvalue weighted by Gasteiger charge is -2.11. The third-order valence-electron chi connectivity index (χ3n) is 5.21. The highest BCUT2D eigenvalue weighted by atomic mass is 16.3. The van der Waals surface area contributed by atoms with Gasteiger partial charge in [0.1, 0.15) is 5.75 Å². The molecule has 0 spiro atoms. The van der Waals surface area contributed by atoms with Gasteiger partial charge in [0.05, 0.1) is 6.61 Å². The molecule has 23 heavy (non-hydrogen) atoms. The summed E-state index contributed by atoms with van der Waals surface area (Å²) >= 11 is 0. The zero-order valence-electron chi connectivity index (χ0n) is 12.6. The van der Waals surface area contributed by atoms with Crippen LogP contribution in [0, 0.1) is 0 Å². The summed E-state index contributed by atoms with van der Waals surface area (Å²) < 4.78 is 0. The van der Waals surface area contributed by atoms with Crippen molar-refractivity contribution in [2.75, 3.05) is 0 Å². The summed E-state index contributed by atoms with van der Waals surface area (Å²) in [4.78, 5) is 0. The van der Waals surface area contributed by atoms with E-state index in [-0.39, 0.29) is 6.61 Å². The predicted octanol–water partition coefficient (Wildman–Crippen LogP) is 4.44. The standard InChI is InChI=1S/C21H16O2/c22-11-14-2-1-13-9-20-17(18-8-7-16(14)21(13)18)6-4-12-3-5-15(23)10-19(12)20/h1-6,9-10,22-23H,7-8,11H2. The summed E-state index contributed by atoms with van der Waals surface area (Å²) in [5.41, 5.74) is 3.74. The maximum atomic E-state index is 9.88. The normalized spacial score (nSPS) is 13.4. The molecular weight excluding hydrogens is 284 g/mol. The SMILES string of the molecule is OCc1ccc2cc3c(ccc4ccc(O)cc43)c3c2c1CC3. The molecule has 0 amide bonds. The minimum atomic E-state index is 0.105. The molecular formula is C21H16O2. The lowest BCUT2D eigenvalue weighted by Crippen LogP contribution is -1.91. The van der Waals surface area contributed by atoms with Crippen molar-refractivity contribution in [1.82, 2.24) is 0 Å². The number of hydrogen-bond donors (Lipinski definition) is 2. The number of fused-ring (bicyclic) bond motifs is 4. The summed E-state index contributed by atoms with van der Waals surface area (Å²) in [6, 6.07) is 16.3. The van der Waals surface area contributed by atoms with Gasteiger partial charge in [0.15, 0.2) is 0 Å². The van der Waals surface area contributed by atoms with Crippen LogP contribution in [-0.4, -0.2) is 10.2 Å². The molecule has 1 aliphatic rings. The Balaban J connectivity index is 2.01. The third-order valence-corrected chi connectivity index (χ3v) is 5.21. The first-order chi connectivity index (χ1) is 11.3. The van der Waals surface area contributed by atoms with Gasteiger partial charge in [0, 0.05) is 0 Å². The molecule has 112 valence electrons. The van der Waals surface area contributed by atoms with E-state index < -0.39 is 0 Å². The Morgan fingerprint density at radius 1 is 0.739 bits per heavy atom. The molecule has 2 nitrogen and oxygen atoms in total. The lowest BCUT2D eigenvalue weighted by molar-refractivity contribution is 0.281. The van der Waals surface area contributed by atoms with E-state index in [0.29, 0.717) is 5.75 Å². The highest BCUT2D eigenvalue weighted by Crippen LogP contribution is 2.40. The van der Waals surface area contributed by atoms with Crippen LogP contribution in [0.25, 0.3) is 32.3 Å². The average molecular weight is 300 g/mol. The molecule has 1 aliphatic carbocycles. The predicted molar refractivity (Wildman–Crippen MR) is 94.0 cm³/mol. The highest BCUT2D eigenvalue weighted by molar-refractivity contribution is 6.15. The quantitative estimate of drug-likeness (QED) is 0.403. The summed E-state index contributed by atoms with van der Waals surface area (Å²) in [6.07, 6.45) is 2.02. The second-order valence-electron chi connectivity index (χ2n) is 6.38. The molecule has 5 rings (SSSR count). The number of hydrogen-bond acceptors (Lipinski definition) is 2. The number of phenolic OH excluding ortho intramolecular Hbond substituents is 1. The van der Waals surface area contributed by atoms with Crippen molar-refractivity contribution in [2.24, 2.45) is 0 Å². The fourth-order valence-corrected chi connectivity index (χ4v) is 4.17. The van der Waals surface area contributed by atoms with Crippen LogP contribution in [0.2, 0.25) is 0 Å². The Kier molecular flexibility index (Phi) is 2.51. The summed E-state index contributed by atoms with van der Waals surface area (Å²) in [6.45, 7) is 0.105. The van der Waals surface area contributed by atoms with Crippen LogP contribution >= 0.6 is 0 Å². The second-order valence-corrected chi connectivity index (χ2v) is 6.38. The van der Waals surface area contributed by atoms with Crippen molar-refractivity contribution < 1.29 is 10.2 Å². The van der Waals surface area contributed by atoms with Crippen LogP contribution < -0.4 is 0 Å². The Labute approximate surface area is 133 Å². The van der Waals surface area contributed by atoms with Crippen molar-refractivity contribution in [1.29, 1.82) is 0 Å². The molecule has 0 bridgehead atoms. The minimum Gasteiger partial charge on any atom is -0.508 e. The number of aromatic hydroxyl groups is 1. The van der Waals surface area contributed by atoms with Crippen molar-refractivity contribution in [3.05, 3.63) is 65.2 Å². The third kappa shape index (κ3) is 1.67. The van der Waals surface area contributed by atoms with Crippen LogP contribution in [0.3, 0.4) is 0 Å². The number of benzene rings is 4. The van der Waals surface area contributed by atoms with Gasteiger partial charge in [0.2, 0.25) is 0 Å². The van der Waals surface area contributed by atoms with Gasteiger partial charge >= 0.3 is 0 Å². The zero-order chi connectivity index (χ0) is 15.6. The smallest absolute Gasteiger partial charge is 0.116 e. The Bertz CT molecular complexity index is 1110. The number of aryl methyl sites for hydroxylation is 2. The molecule has 0 fully saturated rings. The van der Waals surface area contributed by atoms with E-state index in [1.54, 1.807) is 6.07 Å². The van der Waals surface area contributed by atoms with E-state index in [1.165, 1.54) is 32.7 Å². The van der Waals surface area contributed by atoms with Gasteiger partial charge in [-0.15, -0.1) is 0 Å². The fourth-order valence-electron chi connectivity index (χ4n) is 4.17. The van der Waals surface area contributed by atoms with Crippen molar-refractivity contribution in [2.45, 2.75) is 19.4 Å². The number of aliphatic hydroxyl groups is 1. The molecule has 0 aliphatic heterocycles. The molecule has 0 aromatic heterocycles. The Hall–Kier alpha value is -2.58. The van der Waals surface area contributed by atoms with Gasteiger partial charge in [-0.1, -0.05) is 30.3 Å². The molecule has 0 unspecified atom stereocenters. The molecule has 0 heterocycles. The number of aliphatic hydroxyl groups excluding tert-OH is 1. The Morgan fingerprint density at radius 2 is 1.52 bits per heavy atom. The minimum absolute atomic E-state index is 0.105. The first-order valence-corrected chi connectivity index (χ1v) is 7.99. The molecule has 0 radical (unpaired) electrons. The monoisotopic (exact) mass is 300 g/mol. The number of rotatable bonds is 1. The summed E-state index contributed by atoms with van der Waals surface area (Å²) in [5.74, 6) is 0.304. The molecule has 2 N–H and O–H groups in total. The number of phenols is 1. The average Bonchev–Trinajstić information content (AvgIpc) is 3.02. The van der Waals surface area contributed by atoms with Crippen LogP contribution in [0.5, 0.6) is 5.75 Å². The van der Waals surface area contributed by atoms with E-state index in [9.17, 15) is 10.2 Å². The summed E-state index contributed by atoms with van der Waals surface area (Å²) in [5, 5.41) is 26.7. The van der Waals surface area contributed by atoms with Crippen LogP contribution in [-0.2, 0) is 19.4 Å². The van der Waals surface area contributed by atoms with Crippen LogP contribution in [0.15, 0.2) is 48.5 Å². The first kappa shape index (κ1) is 12.9. The van der Waals surface area contributed by atoms with Gasteiger partial charge in [-0.25, -0.2) is 0 Å². The Morgan fingerprint density at radius 3 is 2.39 bits per heavy atom. The van der Waals surface area contributed by atoms with Gasteiger partial charge < -0.3 is 10.2 Å². The molecule has 2 heteroatoms. The van der Waals surface area contributed by atoms with Crippen LogP contribution in [0.4, 0.5) is 0 Å². The molecule has 0 saturated heterocycles. The lowest BCUT2D eigenvalue weighted by atomic mass is 9.93. The summed E-state index contributed by atoms with van der Waals surface area (Å²) in [7, 11) is 0. The highest BCUT2D eigenvalue weighted by Gasteiger charge is 2.20. The first-order valence-electron chi connectivity index (χ1n) is 7.99. The van der Waals surface area contributed by atoms with E-state index in [1.807, 2.05) is 18.2 Å². The maximum absolute atomic E-state index is 9.88. The molecule has 4 aromatic rings. The largest absolute Gasteiger partial charge is 0.508 e. The van der Waals surface area contributed by atoms with E-state index in [2.05, 4.69) is 24.3 Å². The van der Waals surface area contributed by atoms with Gasteiger partial charge in [0.25, 0.3) is 0 Å². The van der Waals surface area contributed by atoms with E-state index >= 15 is 0 Å². The molecule has 0 saturated carbocycles.